The molecule has 2 aliphatic rings. The highest BCUT2D eigenvalue weighted by Crippen LogP contribution is 2.41. The van der Waals surface area contributed by atoms with Crippen LogP contribution < -0.4 is 20.9 Å². The molecular weight excluding hydrogens is 565 g/mol. The first-order valence-corrected chi connectivity index (χ1v) is 18.4. The first-order valence-electron chi connectivity index (χ1n) is 16.1. The van der Waals surface area contributed by atoms with Crippen molar-refractivity contribution in [1.29, 1.82) is 0 Å². The summed E-state index contributed by atoms with van der Waals surface area (Å²) < 4.78 is 0. The first kappa shape index (κ1) is 31.7. The minimum Gasteiger partial charge on any atom is -0.369 e. The fraction of sp³-hybridized carbons (Fsp3) is 0.529. The van der Waals surface area contributed by atoms with Crippen LogP contribution in [-0.4, -0.2) is 73.2 Å². The topological polar surface area (TPSA) is 98.3 Å². The summed E-state index contributed by atoms with van der Waals surface area (Å²) in [7, 11) is 0.177. The van der Waals surface area contributed by atoms with Gasteiger partial charge in [0.05, 0.1) is 5.39 Å². The molecule has 10 heteroatoms. The fourth-order valence-corrected chi connectivity index (χ4v) is 11.9. The normalized spacial score (nSPS) is 16.2. The number of carbonyl (C=O) groups excluding carboxylic acids is 1. The maximum atomic E-state index is 12.8. The molecule has 1 aromatic carbocycles. The number of likely N-dealkylation sites (N-methyl/N-ethyl adjacent to an activating group) is 1. The number of carbonyl (C=O) groups is 1. The summed E-state index contributed by atoms with van der Waals surface area (Å²) in [6.07, 6.45) is 4.97. The zero-order valence-electron chi connectivity index (χ0n) is 27.4. The molecule has 0 spiro atoms. The number of hydrogen-bond acceptors (Lipinski definition) is 7. The zero-order valence-corrected chi connectivity index (χ0v) is 28.4. The summed E-state index contributed by atoms with van der Waals surface area (Å²) in [6, 6.07) is 10.2. The highest BCUT2D eigenvalue weighted by Gasteiger charge is 2.41. The SMILES string of the molecule is CC(C)[Si](C#Cc1cc(NC(=O)NC2CCC2)nc2nc(Nc3ccc(N4CCN(C)CC4)cc3)ncc12)(C(C)C)C(C)C. The Hall–Kier alpha value is -3.68. The molecule has 1 saturated carbocycles. The van der Waals surface area contributed by atoms with Crippen molar-refractivity contribution >= 4 is 48.3 Å². The number of urea groups is 1. The van der Waals surface area contributed by atoms with Gasteiger partial charge in [-0.2, -0.15) is 4.98 Å². The summed E-state index contributed by atoms with van der Waals surface area (Å²) in [4.78, 5) is 31.7. The summed E-state index contributed by atoms with van der Waals surface area (Å²) >= 11 is 0. The predicted octanol–water partition coefficient (Wildman–Crippen LogP) is 6.76. The molecule has 2 amide bonds. The lowest BCUT2D eigenvalue weighted by molar-refractivity contribution is 0.240. The van der Waals surface area contributed by atoms with Crippen molar-refractivity contribution in [2.24, 2.45) is 0 Å². The number of pyridine rings is 1. The van der Waals surface area contributed by atoms with Crippen LogP contribution in [0.3, 0.4) is 0 Å². The Balaban J connectivity index is 1.45. The van der Waals surface area contributed by atoms with Crippen molar-refractivity contribution in [3.05, 3.63) is 42.1 Å². The molecule has 0 atom stereocenters. The van der Waals surface area contributed by atoms with Gasteiger partial charge in [0, 0.05) is 55.4 Å². The van der Waals surface area contributed by atoms with Gasteiger partial charge in [-0.15, -0.1) is 5.54 Å². The van der Waals surface area contributed by atoms with E-state index >= 15 is 0 Å². The Kier molecular flexibility index (Phi) is 9.76. The maximum Gasteiger partial charge on any atom is 0.320 e. The van der Waals surface area contributed by atoms with E-state index in [4.69, 9.17) is 9.97 Å². The molecule has 3 heterocycles. The largest absolute Gasteiger partial charge is 0.369 e. The van der Waals surface area contributed by atoms with Crippen molar-refractivity contribution in [2.45, 2.75) is 83.5 Å². The maximum absolute atomic E-state index is 12.8. The van der Waals surface area contributed by atoms with Crippen LogP contribution in [0.5, 0.6) is 0 Å². The molecule has 0 bridgehead atoms. The predicted molar refractivity (Wildman–Crippen MR) is 184 cm³/mol. The first-order chi connectivity index (χ1) is 21.0. The third kappa shape index (κ3) is 7.00. The molecular formula is C34H48N8OSi. The molecule has 0 unspecified atom stereocenters. The number of rotatable bonds is 8. The second-order valence-electron chi connectivity index (χ2n) is 13.3. The van der Waals surface area contributed by atoms with Crippen molar-refractivity contribution < 1.29 is 4.79 Å². The lowest BCUT2D eigenvalue weighted by Crippen LogP contribution is -2.44. The van der Waals surface area contributed by atoms with Gasteiger partial charge < -0.3 is 20.4 Å². The molecule has 234 valence electrons. The molecule has 44 heavy (non-hydrogen) atoms. The summed E-state index contributed by atoms with van der Waals surface area (Å²) in [5.41, 5.74) is 8.72. The number of fused-ring (bicyclic) bond motifs is 1. The average Bonchev–Trinajstić information content (AvgIpc) is 2.95. The highest BCUT2D eigenvalue weighted by atomic mass is 28.3. The van der Waals surface area contributed by atoms with Crippen LogP contribution in [-0.2, 0) is 0 Å². The van der Waals surface area contributed by atoms with Crippen LogP contribution in [0.15, 0.2) is 36.5 Å². The van der Waals surface area contributed by atoms with Gasteiger partial charge in [0.2, 0.25) is 5.95 Å². The molecule has 0 radical (unpaired) electrons. The van der Waals surface area contributed by atoms with E-state index in [-0.39, 0.29) is 12.1 Å². The van der Waals surface area contributed by atoms with E-state index < -0.39 is 8.07 Å². The van der Waals surface area contributed by atoms with Crippen LogP contribution in [0.1, 0.15) is 66.4 Å². The van der Waals surface area contributed by atoms with Crippen molar-refractivity contribution in [2.75, 3.05) is 48.8 Å². The fourth-order valence-electron chi connectivity index (χ4n) is 6.68. The van der Waals surface area contributed by atoms with Gasteiger partial charge >= 0.3 is 6.03 Å². The minimum absolute atomic E-state index is 0.227. The summed E-state index contributed by atoms with van der Waals surface area (Å²) in [5.74, 6) is 4.43. The second-order valence-corrected chi connectivity index (χ2v) is 18.9. The van der Waals surface area contributed by atoms with Crippen LogP contribution in [0.25, 0.3) is 11.0 Å². The van der Waals surface area contributed by atoms with Gasteiger partial charge in [-0.3, -0.25) is 5.32 Å². The Labute approximate surface area is 263 Å². The van der Waals surface area contributed by atoms with Gasteiger partial charge in [0.25, 0.3) is 0 Å². The van der Waals surface area contributed by atoms with E-state index in [1.807, 2.05) is 6.07 Å². The molecule has 1 aliphatic carbocycles. The Morgan fingerprint density at radius 1 is 0.955 bits per heavy atom. The molecule has 3 N–H and O–H groups in total. The molecule has 2 fully saturated rings. The van der Waals surface area contributed by atoms with Gasteiger partial charge in [-0.1, -0.05) is 47.5 Å². The molecule has 5 rings (SSSR count). The Bertz CT molecular complexity index is 1490. The smallest absolute Gasteiger partial charge is 0.320 e. The number of piperazine rings is 1. The highest BCUT2D eigenvalue weighted by molar-refractivity contribution is 6.90. The van der Waals surface area contributed by atoms with E-state index in [0.717, 1.165) is 62.1 Å². The second kappa shape index (κ2) is 13.5. The van der Waals surface area contributed by atoms with Gasteiger partial charge in [-0.05, 0) is 73.3 Å². The number of nitrogens with one attached hydrogen (secondary N) is 3. The quantitative estimate of drug-likeness (QED) is 0.191. The standard InChI is InChI=1S/C34H48N8OSi/c1-23(2)44(24(3)4,25(5)6)20-15-26-21-31(39-34(43)37-27-9-8-10-27)38-32-30(26)22-35-33(40-32)36-28-11-13-29(14-12-28)42-18-16-41(7)17-19-42/h11-14,21-25,27H,8-10,16-19H2,1-7H3,(H3,35,36,37,38,39,40,43). The van der Waals surface area contributed by atoms with Crippen molar-refractivity contribution in [1.82, 2.24) is 25.2 Å². The minimum atomic E-state index is -1.99. The lowest BCUT2D eigenvalue weighted by Gasteiger charge is -2.38. The summed E-state index contributed by atoms with van der Waals surface area (Å²) in [6.45, 7) is 18.0. The number of hydrogen-bond donors (Lipinski definition) is 3. The Morgan fingerprint density at radius 3 is 2.20 bits per heavy atom. The molecule has 9 nitrogen and oxygen atoms in total. The van der Waals surface area contributed by atoms with Crippen molar-refractivity contribution in [3.63, 3.8) is 0 Å². The number of amides is 2. The molecule has 1 saturated heterocycles. The molecule has 1 aliphatic heterocycles. The van der Waals surface area contributed by atoms with Crippen molar-refractivity contribution in [3.8, 4) is 11.5 Å². The van der Waals surface area contributed by atoms with Gasteiger partial charge in [0.1, 0.15) is 13.9 Å². The van der Waals surface area contributed by atoms with E-state index in [1.165, 1.54) is 5.69 Å². The number of aromatic nitrogens is 3. The Morgan fingerprint density at radius 2 is 1.61 bits per heavy atom. The van der Waals surface area contributed by atoms with Gasteiger partial charge in [0.15, 0.2) is 5.65 Å². The summed E-state index contributed by atoms with van der Waals surface area (Å²) in [5, 5.41) is 10.1. The number of nitrogens with zero attached hydrogens (tertiary/aromatic N) is 5. The van der Waals surface area contributed by atoms with E-state index in [9.17, 15) is 4.79 Å². The number of anilines is 4. The van der Waals surface area contributed by atoms with Crippen LogP contribution in [0, 0.1) is 11.5 Å². The van der Waals surface area contributed by atoms with E-state index in [1.54, 1.807) is 6.20 Å². The third-order valence-corrected chi connectivity index (χ3v) is 15.8. The van der Waals surface area contributed by atoms with Crippen LogP contribution in [0.2, 0.25) is 16.6 Å². The lowest BCUT2D eigenvalue weighted by atomic mass is 9.93. The average molecular weight is 613 g/mol. The monoisotopic (exact) mass is 612 g/mol. The van der Waals surface area contributed by atoms with E-state index in [2.05, 4.69) is 115 Å². The van der Waals surface area contributed by atoms with Gasteiger partial charge in [-0.25, -0.2) is 14.8 Å². The third-order valence-electron chi connectivity index (χ3n) is 9.52. The molecule has 3 aromatic rings. The molecule has 2 aromatic heterocycles. The van der Waals surface area contributed by atoms with Crippen LogP contribution in [0.4, 0.5) is 27.9 Å². The van der Waals surface area contributed by atoms with E-state index in [0.29, 0.717) is 34.0 Å². The number of benzene rings is 1. The van der Waals surface area contributed by atoms with Crippen LogP contribution >= 0.6 is 0 Å². The zero-order chi connectivity index (χ0) is 31.4.